The van der Waals surface area contributed by atoms with Gasteiger partial charge in [-0.3, -0.25) is 10.2 Å². The fourth-order valence-corrected chi connectivity index (χ4v) is 0.592. The van der Waals surface area contributed by atoms with Gasteiger partial charge in [-0.25, -0.2) is 10.2 Å². The Balaban J connectivity index is 3.87. The number of aliphatic hydroxyl groups is 1. The Morgan fingerprint density at radius 3 is 2.33 bits per heavy atom. The van der Waals surface area contributed by atoms with Gasteiger partial charge in [0.15, 0.2) is 0 Å². The van der Waals surface area contributed by atoms with Crippen molar-refractivity contribution in [3.05, 3.63) is 0 Å². The van der Waals surface area contributed by atoms with Gasteiger partial charge in [0.1, 0.15) is 11.6 Å². The summed E-state index contributed by atoms with van der Waals surface area (Å²) in [5.41, 5.74) is 8.54. The van der Waals surface area contributed by atoms with E-state index in [2.05, 4.69) is 0 Å². The molecule has 0 aromatic carbocycles. The highest BCUT2D eigenvalue weighted by molar-refractivity contribution is 5.83. The number of rotatable bonds is 2. The molecule has 0 saturated heterocycles. The predicted octanol–water partition coefficient (Wildman–Crippen LogP) is -1.14. The Morgan fingerprint density at radius 1 is 1.40 bits per heavy atom. The second-order valence-corrected chi connectivity index (χ2v) is 3.91. The molecule has 88 valence electrons. The number of carbonyl (C=O) groups excluding carboxylic acids is 2. The Morgan fingerprint density at radius 2 is 1.93 bits per heavy atom. The minimum atomic E-state index is -1.07. The molecular formula is C8H17N3O4. The fourth-order valence-electron chi connectivity index (χ4n) is 0.592. The van der Waals surface area contributed by atoms with Crippen molar-refractivity contribution in [3.63, 3.8) is 0 Å². The molecule has 15 heavy (non-hydrogen) atoms. The van der Waals surface area contributed by atoms with Crippen LogP contribution in [0.25, 0.3) is 0 Å². The second-order valence-electron chi connectivity index (χ2n) is 3.91. The van der Waals surface area contributed by atoms with Crippen LogP contribution < -0.4 is 16.6 Å². The van der Waals surface area contributed by atoms with Crippen molar-refractivity contribution in [1.29, 1.82) is 0 Å². The molecule has 0 aliphatic carbocycles. The summed E-state index contributed by atoms with van der Waals surface area (Å²) in [5.74, 6) is -0.691. The fraction of sp³-hybridized carbons (Fsp3) is 0.750. The highest BCUT2D eigenvalue weighted by Gasteiger charge is 2.17. The first kappa shape index (κ1) is 13.7. The zero-order chi connectivity index (χ0) is 12.1. The molecule has 0 aromatic heterocycles. The van der Waals surface area contributed by atoms with E-state index in [1.165, 1.54) is 0 Å². The molecular weight excluding hydrogens is 202 g/mol. The number of nitrogens with one attached hydrogen (secondary N) is 2. The molecule has 0 heterocycles. The third kappa shape index (κ3) is 6.69. The van der Waals surface area contributed by atoms with Crippen LogP contribution in [0.5, 0.6) is 0 Å². The molecule has 7 nitrogen and oxygen atoms in total. The molecule has 0 fully saturated rings. The molecule has 0 unspecified atom stereocenters. The summed E-state index contributed by atoms with van der Waals surface area (Å²) in [4.78, 5) is 22.0. The summed E-state index contributed by atoms with van der Waals surface area (Å²) >= 11 is 0. The lowest BCUT2D eigenvalue weighted by molar-refractivity contribution is -0.124. The molecule has 0 rings (SSSR count). The van der Waals surface area contributed by atoms with E-state index < -0.39 is 30.3 Å². The van der Waals surface area contributed by atoms with Crippen molar-refractivity contribution in [3.8, 4) is 0 Å². The Kier molecular flexibility index (Phi) is 5.03. The highest BCUT2D eigenvalue weighted by Crippen LogP contribution is 2.05. The minimum Gasteiger partial charge on any atom is -0.443 e. The normalized spacial score (nSPS) is 12.9. The van der Waals surface area contributed by atoms with Crippen molar-refractivity contribution in [2.45, 2.75) is 32.4 Å². The van der Waals surface area contributed by atoms with E-state index in [1.807, 2.05) is 10.9 Å². The Hall–Kier alpha value is -1.34. The predicted molar refractivity (Wildman–Crippen MR) is 52.6 cm³/mol. The average molecular weight is 219 g/mol. The molecule has 0 radical (unpaired) electrons. The van der Waals surface area contributed by atoms with Crippen molar-refractivity contribution >= 4 is 12.0 Å². The van der Waals surface area contributed by atoms with E-state index in [0.29, 0.717) is 0 Å². The van der Waals surface area contributed by atoms with E-state index in [0.717, 1.165) is 0 Å². The summed E-state index contributed by atoms with van der Waals surface area (Å²) in [5, 5.41) is 8.53. The van der Waals surface area contributed by atoms with Gasteiger partial charge in [0, 0.05) is 0 Å². The van der Waals surface area contributed by atoms with Crippen LogP contribution in [0.15, 0.2) is 0 Å². The SMILES string of the molecule is CC(C)(C)OC(=O)NNC(=O)[C@@H](N)CO. The molecule has 0 aliphatic rings. The lowest BCUT2D eigenvalue weighted by atomic mass is 10.2. The van der Waals surface area contributed by atoms with Crippen LogP contribution in [0.1, 0.15) is 20.8 Å². The van der Waals surface area contributed by atoms with Gasteiger partial charge in [-0.2, -0.15) is 0 Å². The van der Waals surface area contributed by atoms with Crippen molar-refractivity contribution in [1.82, 2.24) is 10.9 Å². The quantitative estimate of drug-likeness (QED) is 0.438. The Bertz CT molecular complexity index is 237. The van der Waals surface area contributed by atoms with Gasteiger partial charge in [0.2, 0.25) is 0 Å². The van der Waals surface area contributed by atoms with Crippen molar-refractivity contribution in [2.75, 3.05) is 6.61 Å². The summed E-state index contributed by atoms with van der Waals surface area (Å²) < 4.78 is 4.83. The molecule has 0 saturated carbocycles. The van der Waals surface area contributed by atoms with Gasteiger partial charge in [0.25, 0.3) is 5.91 Å². The van der Waals surface area contributed by atoms with Crippen LogP contribution in [0, 0.1) is 0 Å². The number of amides is 2. The standard InChI is InChI=1S/C8H17N3O4/c1-8(2,3)15-7(14)11-10-6(13)5(9)4-12/h5,12H,4,9H2,1-3H3,(H,10,13)(H,11,14)/t5-/m0/s1. The highest BCUT2D eigenvalue weighted by atomic mass is 16.6. The van der Waals surface area contributed by atoms with E-state index in [9.17, 15) is 9.59 Å². The third-order valence-corrected chi connectivity index (χ3v) is 1.22. The van der Waals surface area contributed by atoms with E-state index >= 15 is 0 Å². The number of carbonyl (C=O) groups is 2. The minimum absolute atomic E-state index is 0.498. The molecule has 0 aromatic rings. The zero-order valence-corrected chi connectivity index (χ0v) is 9.03. The van der Waals surface area contributed by atoms with Crippen LogP contribution in [-0.2, 0) is 9.53 Å². The Labute approximate surface area is 87.9 Å². The molecule has 2 amide bonds. The lowest BCUT2D eigenvalue weighted by Gasteiger charge is -2.20. The molecule has 5 N–H and O–H groups in total. The van der Waals surface area contributed by atoms with Crippen LogP contribution >= 0.6 is 0 Å². The van der Waals surface area contributed by atoms with E-state index in [-0.39, 0.29) is 0 Å². The van der Waals surface area contributed by atoms with Gasteiger partial charge < -0.3 is 15.6 Å². The van der Waals surface area contributed by atoms with E-state index in [1.54, 1.807) is 20.8 Å². The number of aliphatic hydroxyl groups excluding tert-OH is 1. The number of hydrazine groups is 1. The number of hydrogen-bond donors (Lipinski definition) is 4. The van der Waals surface area contributed by atoms with Crippen LogP contribution in [0.3, 0.4) is 0 Å². The molecule has 0 aliphatic heterocycles. The largest absolute Gasteiger partial charge is 0.443 e. The number of hydrogen-bond acceptors (Lipinski definition) is 5. The van der Waals surface area contributed by atoms with Gasteiger partial charge >= 0.3 is 6.09 Å². The first-order chi connectivity index (χ1) is 6.76. The topological polar surface area (TPSA) is 114 Å². The maximum absolute atomic E-state index is 11.0. The second kappa shape index (κ2) is 5.52. The first-order valence-corrected chi connectivity index (χ1v) is 4.41. The molecule has 7 heteroatoms. The number of ether oxygens (including phenoxy) is 1. The van der Waals surface area contributed by atoms with Gasteiger partial charge in [0.05, 0.1) is 6.61 Å². The van der Waals surface area contributed by atoms with Crippen LogP contribution in [-0.4, -0.2) is 35.4 Å². The van der Waals surface area contributed by atoms with E-state index in [4.69, 9.17) is 15.6 Å². The lowest BCUT2D eigenvalue weighted by Crippen LogP contribution is -2.51. The smallest absolute Gasteiger partial charge is 0.426 e. The molecule has 0 spiro atoms. The van der Waals surface area contributed by atoms with Gasteiger partial charge in [-0.05, 0) is 20.8 Å². The summed E-state index contributed by atoms with van der Waals surface area (Å²) in [6.07, 6.45) is -0.791. The first-order valence-electron chi connectivity index (χ1n) is 4.41. The molecule has 1 atom stereocenters. The summed E-state index contributed by atoms with van der Waals surface area (Å²) in [6, 6.07) is -1.07. The summed E-state index contributed by atoms with van der Waals surface area (Å²) in [6.45, 7) is 4.57. The molecule has 0 bridgehead atoms. The third-order valence-electron chi connectivity index (χ3n) is 1.22. The maximum atomic E-state index is 11.0. The average Bonchev–Trinajstić information content (AvgIpc) is 2.10. The van der Waals surface area contributed by atoms with Crippen molar-refractivity contribution in [2.24, 2.45) is 5.73 Å². The van der Waals surface area contributed by atoms with Gasteiger partial charge in [-0.1, -0.05) is 0 Å². The van der Waals surface area contributed by atoms with Gasteiger partial charge in [-0.15, -0.1) is 0 Å². The number of nitrogens with two attached hydrogens (primary N) is 1. The van der Waals surface area contributed by atoms with Crippen LogP contribution in [0.4, 0.5) is 4.79 Å². The monoisotopic (exact) mass is 219 g/mol. The maximum Gasteiger partial charge on any atom is 0.426 e. The van der Waals surface area contributed by atoms with Crippen LogP contribution in [0.2, 0.25) is 0 Å². The van der Waals surface area contributed by atoms with Crippen molar-refractivity contribution < 1.29 is 19.4 Å². The summed E-state index contributed by atoms with van der Waals surface area (Å²) in [7, 11) is 0. The zero-order valence-electron chi connectivity index (χ0n) is 9.03.